The van der Waals surface area contributed by atoms with E-state index in [0.29, 0.717) is 19.1 Å². The van der Waals surface area contributed by atoms with E-state index < -0.39 is 0 Å². The van der Waals surface area contributed by atoms with Crippen LogP contribution in [-0.4, -0.2) is 25.7 Å². The standard InChI is InChI=1S/C15H25N3O/c1-4-5-9-19-10-8-17-15(16)18-14-7-6-12(2)13(3)11-14/h6-7,11H,4-5,8-10H2,1-3H3,(H3,16,17,18). The molecule has 0 bridgehead atoms. The third kappa shape index (κ3) is 6.25. The van der Waals surface area contributed by atoms with Gasteiger partial charge in [0.25, 0.3) is 0 Å². The Morgan fingerprint density at radius 2 is 2.05 bits per heavy atom. The molecule has 0 saturated carbocycles. The fraction of sp³-hybridized carbons (Fsp3) is 0.533. The lowest BCUT2D eigenvalue weighted by molar-refractivity contribution is 0.139. The minimum atomic E-state index is 0.433. The first kappa shape index (κ1) is 15.5. The van der Waals surface area contributed by atoms with Crippen LogP contribution in [-0.2, 0) is 4.74 Å². The molecule has 0 aliphatic heterocycles. The molecule has 0 aliphatic rings. The van der Waals surface area contributed by atoms with Crippen LogP contribution in [0.15, 0.2) is 23.2 Å². The number of nitrogens with one attached hydrogen (secondary N) is 1. The first-order valence-electron chi connectivity index (χ1n) is 6.85. The van der Waals surface area contributed by atoms with Crippen molar-refractivity contribution in [2.75, 3.05) is 25.1 Å². The lowest BCUT2D eigenvalue weighted by Gasteiger charge is -2.08. The van der Waals surface area contributed by atoms with Gasteiger partial charge in [-0.1, -0.05) is 19.4 Å². The Balaban J connectivity index is 2.32. The van der Waals surface area contributed by atoms with Crippen LogP contribution in [0.5, 0.6) is 0 Å². The summed E-state index contributed by atoms with van der Waals surface area (Å²) in [5.41, 5.74) is 9.29. The van der Waals surface area contributed by atoms with E-state index in [9.17, 15) is 0 Å². The van der Waals surface area contributed by atoms with Gasteiger partial charge in [-0.05, 0) is 43.5 Å². The van der Waals surface area contributed by atoms with E-state index in [1.807, 2.05) is 6.07 Å². The lowest BCUT2D eigenvalue weighted by Crippen LogP contribution is -2.23. The van der Waals surface area contributed by atoms with Crippen LogP contribution in [0, 0.1) is 13.8 Å². The molecule has 3 N–H and O–H groups in total. The van der Waals surface area contributed by atoms with Crippen molar-refractivity contribution in [2.24, 2.45) is 10.7 Å². The van der Waals surface area contributed by atoms with Crippen LogP contribution < -0.4 is 11.1 Å². The topological polar surface area (TPSA) is 59.6 Å². The predicted octanol–water partition coefficient (Wildman–Crippen LogP) is 2.85. The molecular weight excluding hydrogens is 238 g/mol. The molecule has 1 rings (SSSR count). The molecule has 0 heterocycles. The van der Waals surface area contributed by atoms with E-state index in [1.54, 1.807) is 0 Å². The summed E-state index contributed by atoms with van der Waals surface area (Å²) in [5, 5.41) is 3.08. The van der Waals surface area contributed by atoms with Crippen LogP contribution in [0.3, 0.4) is 0 Å². The molecule has 0 fully saturated rings. The summed E-state index contributed by atoms with van der Waals surface area (Å²) in [6.07, 6.45) is 2.25. The second kappa shape index (κ2) is 8.53. The highest BCUT2D eigenvalue weighted by Gasteiger charge is 1.97. The van der Waals surface area contributed by atoms with Gasteiger partial charge in [-0.25, -0.2) is 0 Å². The number of ether oxygens (including phenoxy) is 1. The minimum absolute atomic E-state index is 0.433. The highest BCUT2D eigenvalue weighted by atomic mass is 16.5. The van der Waals surface area contributed by atoms with Gasteiger partial charge in [0.05, 0.1) is 13.2 Å². The number of aryl methyl sites for hydroxylation is 2. The summed E-state index contributed by atoms with van der Waals surface area (Å²) >= 11 is 0. The number of unbranched alkanes of at least 4 members (excludes halogenated alkanes) is 1. The molecule has 0 aromatic heterocycles. The van der Waals surface area contributed by atoms with Crippen LogP contribution in [0.2, 0.25) is 0 Å². The highest BCUT2D eigenvalue weighted by Crippen LogP contribution is 2.13. The fourth-order valence-corrected chi connectivity index (χ4v) is 1.59. The Kier molecular flexibility index (Phi) is 6.97. The molecule has 0 amide bonds. The Morgan fingerprint density at radius 3 is 2.74 bits per heavy atom. The van der Waals surface area contributed by atoms with Gasteiger partial charge in [0.15, 0.2) is 5.96 Å². The normalized spacial score (nSPS) is 11.6. The Hall–Kier alpha value is -1.55. The Labute approximate surface area is 116 Å². The largest absolute Gasteiger partial charge is 0.380 e. The number of nitrogens with zero attached hydrogens (tertiary/aromatic N) is 1. The van der Waals surface area contributed by atoms with Gasteiger partial charge in [0, 0.05) is 12.3 Å². The maximum Gasteiger partial charge on any atom is 0.193 e. The zero-order valence-corrected chi connectivity index (χ0v) is 12.2. The zero-order chi connectivity index (χ0) is 14.1. The molecular formula is C15H25N3O. The fourth-order valence-electron chi connectivity index (χ4n) is 1.59. The number of hydrogen-bond acceptors (Lipinski definition) is 2. The van der Waals surface area contributed by atoms with Crippen molar-refractivity contribution in [3.05, 3.63) is 29.3 Å². The van der Waals surface area contributed by atoms with Gasteiger partial charge in [0.1, 0.15) is 0 Å². The molecule has 0 unspecified atom stereocenters. The van der Waals surface area contributed by atoms with Crippen molar-refractivity contribution < 1.29 is 4.74 Å². The smallest absolute Gasteiger partial charge is 0.193 e. The summed E-state index contributed by atoms with van der Waals surface area (Å²) < 4.78 is 5.42. The van der Waals surface area contributed by atoms with E-state index in [-0.39, 0.29) is 0 Å². The number of guanidine groups is 1. The van der Waals surface area contributed by atoms with Gasteiger partial charge >= 0.3 is 0 Å². The van der Waals surface area contributed by atoms with Crippen molar-refractivity contribution in [3.63, 3.8) is 0 Å². The molecule has 106 valence electrons. The van der Waals surface area contributed by atoms with Crippen molar-refractivity contribution in [3.8, 4) is 0 Å². The summed E-state index contributed by atoms with van der Waals surface area (Å²) in [4.78, 5) is 4.23. The van der Waals surface area contributed by atoms with Gasteiger partial charge < -0.3 is 15.8 Å². The first-order chi connectivity index (χ1) is 9.13. The van der Waals surface area contributed by atoms with Crippen molar-refractivity contribution in [1.29, 1.82) is 0 Å². The lowest BCUT2D eigenvalue weighted by atomic mass is 10.1. The quantitative estimate of drug-likeness (QED) is 0.452. The number of hydrogen-bond donors (Lipinski definition) is 2. The van der Waals surface area contributed by atoms with E-state index in [1.165, 1.54) is 11.1 Å². The maximum absolute atomic E-state index is 5.82. The van der Waals surface area contributed by atoms with Gasteiger partial charge in [-0.15, -0.1) is 0 Å². The second-order valence-corrected chi connectivity index (χ2v) is 4.66. The molecule has 4 nitrogen and oxygen atoms in total. The second-order valence-electron chi connectivity index (χ2n) is 4.66. The van der Waals surface area contributed by atoms with Crippen molar-refractivity contribution in [2.45, 2.75) is 33.6 Å². The first-order valence-corrected chi connectivity index (χ1v) is 6.85. The monoisotopic (exact) mass is 263 g/mol. The third-order valence-corrected chi connectivity index (χ3v) is 2.94. The van der Waals surface area contributed by atoms with Crippen LogP contribution in [0.4, 0.5) is 5.69 Å². The maximum atomic E-state index is 5.82. The van der Waals surface area contributed by atoms with E-state index in [4.69, 9.17) is 10.5 Å². The molecule has 0 saturated heterocycles. The number of nitrogens with two attached hydrogens (primary N) is 1. The molecule has 1 aromatic carbocycles. The van der Waals surface area contributed by atoms with Crippen LogP contribution in [0.25, 0.3) is 0 Å². The van der Waals surface area contributed by atoms with E-state index in [2.05, 4.69) is 43.2 Å². The summed E-state index contributed by atoms with van der Waals surface area (Å²) in [7, 11) is 0. The van der Waals surface area contributed by atoms with Crippen molar-refractivity contribution in [1.82, 2.24) is 0 Å². The zero-order valence-electron chi connectivity index (χ0n) is 12.2. The van der Waals surface area contributed by atoms with Crippen LogP contribution in [0.1, 0.15) is 30.9 Å². The minimum Gasteiger partial charge on any atom is -0.380 e. The SMILES string of the molecule is CCCCOCCN=C(N)Nc1ccc(C)c(C)c1. The highest BCUT2D eigenvalue weighted by molar-refractivity contribution is 5.92. The number of benzene rings is 1. The Bertz CT molecular complexity index is 416. The van der Waals surface area contributed by atoms with Gasteiger partial charge in [-0.3, -0.25) is 4.99 Å². The Morgan fingerprint density at radius 1 is 1.26 bits per heavy atom. The van der Waals surface area contributed by atoms with Gasteiger partial charge in [0.2, 0.25) is 0 Å². The number of rotatable bonds is 7. The van der Waals surface area contributed by atoms with E-state index >= 15 is 0 Å². The van der Waals surface area contributed by atoms with Gasteiger partial charge in [-0.2, -0.15) is 0 Å². The third-order valence-electron chi connectivity index (χ3n) is 2.94. The summed E-state index contributed by atoms with van der Waals surface area (Å²) in [6.45, 7) is 8.33. The average Bonchev–Trinajstić information content (AvgIpc) is 2.38. The van der Waals surface area contributed by atoms with Crippen molar-refractivity contribution >= 4 is 11.6 Å². The van der Waals surface area contributed by atoms with Crippen LogP contribution >= 0.6 is 0 Å². The number of aliphatic imine (C=N–C) groups is 1. The molecule has 0 radical (unpaired) electrons. The predicted molar refractivity (Wildman–Crippen MR) is 81.8 cm³/mol. The summed E-state index contributed by atoms with van der Waals surface area (Å²) in [5.74, 6) is 0.433. The molecule has 19 heavy (non-hydrogen) atoms. The summed E-state index contributed by atoms with van der Waals surface area (Å²) in [6, 6.07) is 6.14. The molecule has 0 atom stereocenters. The molecule has 0 aliphatic carbocycles. The number of anilines is 1. The molecule has 1 aromatic rings. The van der Waals surface area contributed by atoms with E-state index in [0.717, 1.165) is 25.1 Å². The average molecular weight is 263 g/mol. The molecule has 0 spiro atoms. The molecule has 4 heteroatoms.